The summed E-state index contributed by atoms with van der Waals surface area (Å²) in [5.41, 5.74) is 3.69. The van der Waals surface area contributed by atoms with Gasteiger partial charge in [-0.2, -0.15) is 0 Å². The van der Waals surface area contributed by atoms with Gasteiger partial charge in [0.1, 0.15) is 12.4 Å². The number of hydrogen-bond acceptors (Lipinski definition) is 2. The summed E-state index contributed by atoms with van der Waals surface area (Å²) in [6.45, 7) is 6.78. The van der Waals surface area contributed by atoms with Gasteiger partial charge in [-0.1, -0.05) is 53.2 Å². The van der Waals surface area contributed by atoms with Crippen LogP contribution in [0.15, 0.2) is 46.9 Å². The van der Waals surface area contributed by atoms with Crippen LogP contribution in [0.25, 0.3) is 0 Å². The minimum Gasteiger partial charge on any atom is -0.489 e. The fourth-order valence-electron chi connectivity index (χ4n) is 2.16. The van der Waals surface area contributed by atoms with E-state index in [1.54, 1.807) is 0 Å². The molecule has 112 valence electrons. The Morgan fingerprint density at radius 3 is 2.62 bits per heavy atom. The molecule has 2 nitrogen and oxygen atoms in total. The van der Waals surface area contributed by atoms with E-state index in [0.29, 0.717) is 6.61 Å². The van der Waals surface area contributed by atoms with E-state index in [2.05, 4.69) is 65.4 Å². The zero-order chi connectivity index (χ0) is 15.1. The van der Waals surface area contributed by atoms with E-state index in [4.69, 9.17) is 4.74 Å². The Hall–Kier alpha value is -1.32. The molecule has 0 aliphatic carbocycles. The maximum atomic E-state index is 5.99. The normalized spacial score (nSPS) is 10.6. The van der Waals surface area contributed by atoms with E-state index in [1.165, 1.54) is 11.1 Å². The largest absolute Gasteiger partial charge is 0.489 e. The Labute approximate surface area is 135 Å². The first kappa shape index (κ1) is 16.1. The number of aryl methyl sites for hydroxylation is 1. The number of rotatable bonds is 7. The third-order valence-electron chi connectivity index (χ3n) is 3.39. The molecule has 0 fully saturated rings. The van der Waals surface area contributed by atoms with E-state index in [9.17, 15) is 0 Å². The second kappa shape index (κ2) is 8.20. The van der Waals surface area contributed by atoms with Crippen LogP contribution in [0.3, 0.4) is 0 Å². The van der Waals surface area contributed by atoms with Gasteiger partial charge in [0.25, 0.3) is 0 Å². The minimum atomic E-state index is 0.598. The molecule has 0 aliphatic rings. The van der Waals surface area contributed by atoms with Crippen molar-refractivity contribution < 1.29 is 4.74 Å². The zero-order valence-electron chi connectivity index (χ0n) is 12.7. The van der Waals surface area contributed by atoms with Crippen LogP contribution in [-0.2, 0) is 13.2 Å². The molecule has 2 rings (SSSR count). The Bertz CT molecular complexity index is 583. The average Bonchev–Trinajstić information content (AvgIpc) is 2.49. The van der Waals surface area contributed by atoms with Crippen molar-refractivity contribution in [3.05, 3.63) is 63.6 Å². The van der Waals surface area contributed by atoms with Gasteiger partial charge in [0.05, 0.1) is 0 Å². The number of nitrogens with one attached hydrogen (secondary N) is 1. The van der Waals surface area contributed by atoms with Crippen LogP contribution in [0.2, 0.25) is 0 Å². The molecular weight excluding hydrogens is 326 g/mol. The molecule has 0 bridgehead atoms. The van der Waals surface area contributed by atoms with Crippen LogP contribution < -0.4 is 10.1 Å². The SMILES string of the molecule is CCCNCc1ccccc1COc1cc(Br)ccc1C. The highest BCUT2D eigenvalue weighted by Crippen LogP contribution is 2.24. The molecule has 21 heavy (non-hydrogen) atoms. The average molecular weight is 348 g/mol. The first-order valence-corrected chi connectivity index (χ1v) is 8.16. The first-order valence-electron chi connectivity index (χ1n) is 7.37. The summed E-state index contributed by atoms with van der Waals surface area (Å²) in [6, 6.07) is 14.6. The van der Waals surface area contributed by atoms with Gasteiger partial charge in [0, 0.05) is 11.0 Å². The van der Waals surface area contributed by atoms with Crippen molar-refractivity contribution in [2.24, 2.45) is 0 Å². The Kier molecular flexibility index (Phi) is 6.27. The fraction of sp³-hybridized carbons (Fsp3) is 0.333. The quantitative estimate of drug-likeness (QED) is 0.723. The highest BCUT2D eigenvalue weighted by Gasteiger charge is 2.05. The van der Waals surface area contributed by atoms with Crippen LogP contribution in [0, 0.1) is 6.92 Å². The third-order valence-corrected chi connectivity index (χ3v) is 3.89. The molecule has 0 aromatic heterocycles. The summed E-state index contributed by atoms with van der Waals surface area (Å²) < 4.78 is 7.04. The van der Waals surface area contributed by atoms with Crippen molar-refractivity contribution in [2.45, 2.75) is 33.4 Å². The van der Waals surface area contributed by atoms with Gasteiger partial charge < -0.3 is 10.1 Å². The molecule has 0 saturated carbocycles. The van der Waals surface area contributed by atoms with E-state index in [1.807, 2.05) is 12.1 Å². The molecule has 2 aromatic carbocycles. The van der Waals surface area contributed by atoms with Crippen molar-refractivity contribution in [1.29, 1.82) is 0 Å². The van der Waals surface area contributed by atoms with Crippen molar-refractivity contribution in [3.8, 4) is 5.75 Å². The lowest BCUT2D eigenvalue weighted by atomic mass is 10.1. The van der Waals surface area contributed by atoms with Crippen LogP contribution in [0.4, 0.5) is 0 Å². The molecule has 0 unspecified atom stereocenters. The number of hydrogen-bond donors (Lipinski definition) is 1. The lowest BCUT2D eigenvalue weighted by molar-refractivity contribution is 0.302. The second-order valence-corrected chi connectivity index (χ2v) is 6.06. The predicted molar refractivity (Wildman–Crippen MR) is 91.7 cm³/mol. The van der Waals surface area contributed by atoms with Gasteiger partial charge in [-0.25, -0.2) is 0 Å². The molecular formula is C18H22BrNO. The van der Waals surface area contributed by atoms with Gasteiger partial charge in [-0.15, -0.1) is 0 Å². The highest BCUT2D eigenvalue weighted by molar-refractivity contribution is 9.10. The topological polar surface area (TPSA) is 21.3 Å². The highest BCUT2D eigenvalue weighted by atomic mass is 79.9. The number of halogens is 1. The monoisotopic (exact) mass is 347 g/mol. The molecule has 0 saturated heterocycles. The van der Waals surface area contributed by atoms with Gasteiger partial charge in [-0.3, -0.25) is 0 Å². The summed E-state index contributed by atoms with van der Waals surface area (Å²) >= 11 is 3.49. The van der Waals surface area contributed by atoms with Crippen LogP contribution >= 0.6 is 15.9 Å². The van der Waals surface area contributed by atoms with Crippen molar-refractivity contribution in [1.82, 2.24) is 5.32 Å². The van der Waals surface area contributed by atoms with Crippen molar-refractivity contribution in [3.63, 3.8) is 0 Å². The maximum Gasteiger partial charge on any atom is 0.123 e. The molecule has 0 atom stereocenters. The Balaban J connectivity index is 2.04. The van der Waals surface area contributed by atoms with Crippen molar-refractivity contribution >= 4 is 15.9 Å². The van der Waals surface area contributed by atoms with E-state index < -0.39 is 0 Å². The molecule has 3 heteroatoms. The Morgan fingerprint density at radius 1 is 1.10 bits per heavy atom. The molecule has 0 heterocycles. The molecule has 0 amide bonds. The molecule has 2 aromatic rings. The van der Waals surface area contributed by atoms with E-state index in [0.717, 1.165) is 35.3 Å². The minimum absolute atomic E-state index is 0.598. The summed E-state index contributed by atoms with van der Waals surface area (Å²) in [7, 11) is 0. The zero-order valence-corrected chi connectivity index (χ0v) is 14.2. The Morgan fingerprint density at radius 2 is 1.86 bits per heavy atom. The van der Waals surface area contributed by atoms with Crippen LogP contribution in [0.5, 0.6) is 5.75 Å². The van der Waals surface area contributed by atoms with Gasteiger partial charge in [0.2, 0.25) is 0 Å². The lowest BCUT2D eigenvalue weighted by Gasteiger charge is -2.13. The van der Waals surface area contributed by atoms with Crippen LogP contribution in [0.1, 0.15) is 30.0 Å². The molecule has 0 radical (unpaired) electrons. The first-order chi connectivity index (χ1) is 10.2. The number of benzene rings is 2. The fourth-order valence-corrected chi connectivity index (χ4v) is 2.50. The molecule has 0 spiro atoms. The van der Waals surface area contributed by atoms with Crippen molar-refractivity contribution in [2.75, 3.05) is 6.54 Å². The van der Waals surface area contributed by atoms with Gasteiger partial charge in [0.15, 0.2) is 0 Å². The summed E-state index contributed by atoms with van der Waals surface area (Å²) in [5, 5.41) is 3.45. The smallest absolute Gasteiger partial charge is 0.123 e. The summed E-state index contributed by atoms with van der Waals surface area (Å²) in [6.07, 6.45) is 1.15. The lowest BCUT2D eigenvalue weighted by Crippen LogP contribution is -2.15. The van der Waals surface area contributed by atoms with Gasteiger partial charge >= 0.3 is 0 Å². The molecule has 1 N–H and O–H groups in total. The standard InChI is InChI=1S/C18H22BrNO/c1-3-10-20-12-15-6-4-5-7-16(15)13-21-18-11-17(19)9-8-14(18)2/h4-9,11,20H,3,10,12-13H2,1-2H3. The summed E-state index contributed by atoms with van der Waals surface area (Å²) in [4.78, 5) is 0. The van der Waals surface area contributed by atoms with Gasteiger partial charge in [-0.05, 0) is 48.7 Å². The maximum absolute atomic E-state index is 5.99. The van der Waals surface area contributed by atoms with E-state index in [-0.39, 0.29) is 0 Å². The number of ether oxygens (including phenoxy) is 1. The molecule has 0 aliphatic heterocycles. The van der Waals surface area contributed by atoms with E-state index >= 15 is 0 Å². The third kappa shape index (κ3) is 4.87. The van der Waals surface area contributed by atoms with Crippen LogP contribution in [-0.4, -0.2) is 6.54 Å². The summed E-state index contributed by atoms with van der Waals surface area (Å²) in [5.74, 6) is 0.931. The second-order valence-electron chi connectivity index (χ2n) is 5.14. The predicted octanol–water partition coefficient (Wildman–Crippen LogP) is 4.84.